The van der Waals surface area contributed by atoms with Gasteiger partial charge < -0.3 is 15.2 Å². The fraction of sp³-hybridized carbons (Fsp3) is 0.900. The van der Waals surface area contributed by atoms with Gasteiger partial charge in [-0.15, -0.1) is 0 Å². The van der Waals surface area contributed by atoms with E-state index in [0.717, 1.165) is 24.5 Å². The Morgan fingerprint density at radius 3 is 2.80 bits per heavy atom. The number of thioether (sulfide) groups is 1. The van der Waals surface area contributed by atoms with Crippen molar-refractivity contribution < 1.29 is 14.6 Å². The molecule has 0 spiro atoms. The van der Waals surface area contributed by atoms with Gasteiger partial charge in [0.05, 0.1) is 12.6 Å². The Hall–Kier alpha value is -0.260. The van der Waals surface area contributed by atoms with Crippen LogP contribution in [0.25, 0.3) is 0 Å². The lowest BCUT2D eigenvalue weighted by molar-refractivity contribution is -0.146. The first-order chi connectivity index (χ1) is 7.16. The van der Waals surface area contributed by atoms with E-state index in [1.165, 1.54) is 0 Å². The van der Waals surface area contributed by atoms with Gasteiger partial charge >= 0.3 is 5.97 Å². The average molecular weight is 235 g/mol. The Morgan fingerprint density at radius 1 is 1.47 bits per heavy atom. The van der Waals surface area contributed by atoms with E-state index in [0.29, 0.717) is 0 Å². The lowest BCUT2D eigenvalue weighted by atomic mass is 10.5. The van der Waals surface area contributed by atoms with Crippen molar-refractivity contribution in [2.24, 2.45) is 0 Å². The van der Waals surface area contributed by atoms with E-state index in [4.69, 9.17) is 9.84 Å². The number of carbonyl (C=O) groups excluding carboxylic acids is 1. The minimum Gasteiger partial charge on any atom is -0.462 e. The van der Waals surface area contributed by atoms with Crippen LogP contribution in [0.15, 0.2) is 0 Å². The minimum atomic E-state index is -0.203. The molecule has 0 saturated heterocycles. The highest BCUT2D eigenvalue weighted by atomic mass is 32.2. The zero-order valence-corrected chi connectivity index (χ0v) is 10.3. The molecule has 0 rings (SSSR count). The molecule has 2 N–H and O–H groups in total. The first kappa shape index (κ1) is 14.7. The standard InChI is InChI=1S/C10H21NO3S/c1-9(2)14-10(13)8-11-4-7-15-6-3-5-12/h9,11-12H,3-8H2,1-2H3. The quantitative estimate of drug-likeness (QED) is 0.454. The van der Waals surface area contributed by atoms with Crippen molar-refractivity contribution in [3.05, 3.63) is 0 Å². The Morgan fingerprint density at radius 2 is 2.20 bits per heavy atom. The zero-order chi connectivity index (χ0) is 11.5. The summed E-state index contributed by atoms with van der Waals surface area (Å²) in [4.78, 5) is 11.1. The first-order valence-electron chi connectivity index (χ1n) is 5.25. The average Bonchev–Trinajstić information content (AvgIpc) is 2.15. The number of aliphatic hydroxyl groups excluding tert-OH is 1. The van der Waals surface area contributed by atoms with Gasteiger partial charge in [-0.05, 0) is 26.0 Å². The second-order valence-corrected chi connectivity index (χ2v) is 4.63. The van der Waals surface area contributed by atoms with E-state index < -0.39 is 0 Å². The summed E-state index contributed by atoms with van der Waals surface area (Å²) in [6, 6.07) is 0. The van der Waals surface area contributed by atoms with Gasteiger partial charge in [-0.2, -0.15) is 11.8 Å². The Kier molecular flexibility index (Phi) is 10.1. The largest absolute Gasteiger partial charge is 0.462 e. The third-order valence-electron chi connectivity index (χ3n) is 1.51. The number of hydrogen-bond acceptors (Lipinski definition) is 5. The van der Waals surface area contributed by atoms with E-state index in [1.807, 2.05) is 13.8 Å². The van der Waals surface area contributed by atoms with Crippen LogP contribution in [0.2, 0.25) is 0 Å². The molecule has 4 nitrogen and oxygen atoms in total. The van der Waals surface area contributed by atoms with Crippen molar-refractivity contribution in [2.45, 2.75) is 26.4 Å². The lowest BCUT2D eigenvalue weighted by Crippen LogP contribution is -2.28. The van der Waals surface area contributed by atoms with Crippen LogP contribution in [0.5, 0.6) is 0 Å². The molecule has 0 aliphatic heterocycles. The summed E-state index contributed by atoms with van der Waals surface area (Å²) in [5.41, 5.74) is 0. The Balaban J connectivity index is 3.13. The van der Waals surface area contributed by atoms with Crippen LogP contribution in [0.3, 0.4) is 0 Å². The summed E-state index contributed by atoms with van der Waals surface area (Å²) in [7, 11) is 0. The molecule has 0 fully saturated rings. The fourth-order valence-corrected chi connectivity index (χ4v) is 1.73. The van der Waals surface area contributed by atoms with Crippen molar-refractivity contribution in [3.63, 3.8) is 0 Å². The van der Waals surface area contributed by atoms with Gasteiger partial charge in [-0.3, -0.25) is 4.79 Å². The summed E-state index contributed by atoms with van der Waals surface area (Å²) < 4.78 is 4.95. The molecule has 0 unspecified atom stereocenters. The van der Waals surface area contributed by atoms with Gasteiger partial charge in [-0.25, -0.2) is 0 Å². The molecule has 15 heavy (non-hydrogen) atoms. The van der Waals surface area contributed by atoms with Gasteiger partial charge in [-0.1, -0.05) is 0 Å². The molecule has 0 aliphatic rings. The van der Waals surface area contributed by atoms with Crippen LogP contribution in [0.1, 0.15) is 20.3 Å². The van der Waals surface area contributed by atoms with Gasteiger partial charge in [0, 0.05) is 18.9 Å². The second kappa shape index (κ2) is 10.3. The van der Waals surface area contributed by atoms with Crippen molar-refractivity contribution in [1.29, 1.82) is 0 Å². The predicted molar refractivity (Wildman–Crippen MR) is 63.1 cm³/mol. The summed E-state index contributed by atoms with van der Waals surface area (Å²) in [6.07, 6.45) is 0.790. The predicted octanol–water partition coefficient (Wildman–Crippen LogP) is 0.643. The summed E-state index contributed by atoms with van der Waals surface area (Å²) >= 11 is 1.77. The molecule has 0 heterocycles. The molecule has 90 valence electrons. The maximum Gasteiger partial charge on any atom is 0.320 e. The zero-order valence-electron chi connectivity index (χ0n) is 9.49. The molecular formula is C10H21NO3S. The van der Waals surface area contributed by atoms with E-state index in [9.17, 15) is 4.79 Å². The minimum absolute atomic E-state index is 0.0433. The monoisotopic (exact) mass is 235 g/mol. The smallest absolute Gasteiger partial charge is 0.320 e. The Bertz CT molecular complexity index is 165. The summed E-state index contributed by atoms with van der Waals surface area (Å²) in [6.45, 7) is 4.99. The fourth-order valence-electron chi connectivity index (χ4n) is 0.908. The van der Waals surface area contributed by atoms with Crippen LogP contribution in [0.4, 0.5) is 0 Å². The molecule has 0 aromatic rings. The third kappa shape index (κ3) is 11.7. The first-order valence-corrected chi connectivity index (χ1v) is 6.41. The van der Waals surface area contributed by atoms with Gasteiger partial charge in [0.15, 0.2) is 0 Å². The maximum atomic E-state index is 11.1. The van der Waals surface area contributed by atoms with E-state index in [1.54, 1.807) is 11.8 Å². The lowest BCUT2D eigenvalue weighted by Gasteiger charge is -2.08. The summed E-state index contributed by atoms with van der Waals surface area (Å²) in [5, 5.41) is 11.5. The number of nitrogens with one attached hydrogen (secondary N) is 1. The molecule has 0 saturated carbocycles. The number of rotatable bonds is 9. The normalized spacial score (nSPS) is 10.7. The van der Waals surface area contributed by atoms with Crippen molar-refractivity contribution in [3.8, 4) is 0 Å². The molecule has 0 aromatic carbocycles. The van der Waals surface area contributed by atoms with Gasteiger partial charge in [0.2, 0.25) is 0 Å². The third-order valence-corrected chi connectivity index (χ3v) is 2.58. The Labute approximate surface area is 95.8 Å². The van der Waals surface area contributed by atoms with Crippen LogP contribution in [-0.2, 0) is 9.53 Å². The molecule has 0 aromatic heterocycles. The molecule has 0 amide bonds. The van der Waals surface area contributed by atoms with Gasteiger partial charge in [0.1, 0.15) is 0 Å². The van der Waals surface area contributed by atoms with E-state index in [2.05, 4.69) is 5.32 Å². The molecule has 0 radical (unpaired) electrons. The van der Waals surface area contributed by atoms with E-state index in [-0.39, 0.29) is 25.2 Å². The number of aliphatic hydroxyl groups is 1. The molecule has 5 heteroatoms. The number of carbonyl (C=O) groups is 1. The van der Waals surface area contributed by atoms with Crippen LogP contribution >= 0.6 is 11.8 Å². The van der Waals surface area contributed by atoms with Crippen LogP contribution in [0, 0.1) is 0 Å². The van der Waals surface area contributed by atoms with Crippen molar-refractivity contribution >= 4 is 17.7 Å². The van der Waals surface area contributed by atoms with Gasteiger partial charge in [0.25, 0.3) is 0 Å². The van der Waals surface area contributed by atoms with E-state index >= 15 is 0 Å². The second-order valence-electron chi connectivity index (χ2n) is 3.40. The van der Waals surface area contributed by atoms with Crippen molar-refractivity contribution in [2.75, 3.05) is 31.2 Å². The molecule has 0 aliphatic carbocycles. The highest BCUT2D eigenvalue weighted by Crippen LogP contribution is 1.99. The number of esters is 1. The molecular weight excluding hydrogens is 214 g/mol. The van der Waals surface area contributed by atoms with Crippen LogP contribution in [-0.4, -0.2) is 48.4 Å². The molecule has 0 bridgehead atoms. The van der Waals surface area contributed by atoms with Crippen molar-refractivity contribution in [1.82, 2.24) is 5.32 Å². The summed E-state index contributed by atoms with van der Waals surface area (Å²) in [5.74, 6) is 1.72. The van der Waals surface area contributed by atoms with Crippen LogP contribution < -0.4 is 5.32 Å². The maximum absolute atomic E-state index is 11.1. The molecule has 0 atom stereocenters. The highest BCUT2D eigenvalue weighted by Gasteiger charge is 2.03. The SMILES string of the molecule is CC(C)OC(=O)CNCCSCCCO. The topological polar surface area (TPSA) is 58.6 Å². The number of hydrogen-bond donors (Lipinski definition) is 2. The highest BCUT2D eigenvalue weighted by molar-refractivity contribution is 7.99. The number of ether oxygens (including phenoxy) is 1.